The van der Waals surface area contributed by atoms with Gasteiger partial charge in [-0.3, -0.25) is 4.79 Å². The molecule has 108 valence electrons. The second-order valence-corrected chi connectivity index (χ2v) is 4.84. The fourth-order valence-corrected chi connectivity index (χ4v) is 2.65. The minimum atomic E-state index is -1.09. The number of carbonyl (C=O) groups excluding carboxylic acids is 1. The average molecular weight is 287 g/mol. The van der Waals surface area contributed by atoms with Crippen molar-refractivity contribution < 1.29 is 14.7 Å². The zero-order valence-corrected chi connectivity index (χ0v) is 11.0. The zero-order chi connectivity index (χ0) is 15.0. The largest absolute Gasteiger partial charge is 0.479 e. The van der Waals surface area contributed by atoms with Crippen LogP contribution in [0.4, 0.5) is 0 Å². The Morgan fingerprint density at radius 3 is 2.71 bits per heavy atom. The van der Waals surface area contributed by atoms with E-state index in [9.17, 15) is 19.5 Å². The summed E-state index contributed by atoms with van der Waals surface area (Å²) in [6, 6.07) is 6.14. The van der Waals surface area contributed by atoms with E-state index >= 15 is 0 Å². The maximum atomic E-state index is 12.4. The number of carboxylic acids is 1. The van der Waals surface area contributed by atoms with Gasteiger partial charge in [0, 0.05) is 12.7 Å². The van der Waals surface area contributed by atoms with E-state index in [-0.39, 0.29) is 5.69 Å². The molecule has 21 heavy (non-hydrogen) atoms. The van der Waals surface area contributed by atoms with Crippen LogP contribution in [0.15, 0.2) is 35.3 Å². The number of aromatic nitrogens is 2. The van der Waals surface area contributed by atoms with Crippen LogP contribution in [-0.2, 0) is 11.2 Å². The quantitative estimate of drug-likeness (QED) is 0.748. The average Bonchev–Trinajstić information content (AvgIpc) is 2.91. The van der Waals surface area contributed by atoms with E-state index in [1.165, 1.54) is 11.1 Å². The van der Waals surface area contributed by atoms with Crippen LogP contribution in [0.1, 0.15) is 27.7 Å². The van der Waals surface area contributed by atoms with Crippen LogP contribution in [0.25, 0.3) is 0 Å². The van der Waals surface area contributed by atoms with Crippen molar-refractivity contribution >= 4 is 11.9 Å². The smallest absolute Gasteiger partial charge is 0.331 e. The first kappa shape index (κ1) is 13.2. The van der Waals surface area contributed by atoms with Crippen LogP contribution in [0.5, 0.6) is 0 Å². The number of rotatable bonds is 2. The molecule has 0 spiro atoms. The molecule has 0 fully saturated rings. The van der Waals surface area contributed by atoms with E-state index in [0.717, 1.165) is 5.56 Å². The molecule has 1 aliphatic heterocycles. The van der Waals surface area contributed by atoms with Crippen LogP contribution < -0.4 is 5.69 Å². The molecule has 1 unspecified atom stereocenters. The zero-order valence-electron chi connectivity index (χ0n) is 11.0. The van der Waals surface area contributed by atoms with Gasteiger partial charge in [0.25, 0.3) is 5.91 Å². The highest BCUT2D eigenvalue weighted by atomic mass is 16.4. The maximum absolute atomic E-state index is 12.4. The Labute approximate surface area is 119 Å². The number of nitrogens with one attached hydrogen (secondary N) is 2. The van der Waals surface area contributed by atoms with Crippen molar-refractivity contribution in [3.8, 4) is 0 Å². The number of hydrogen-bond acceptors (Lipinski definition) is 3. The minimum absolute atomic E-state index is 0.0608. The van der Waals surface area contributed by atoms with Crippen LogP contribution in [0.2, 0.25) is 0 Å². The van der Waals surface area contributed by atoms with E-state index < -0.39 is 23.6 Å². The van der Waals surface area contributed by atoms with Gasteiger partial charge >= 0.3 is 11.7 Å². The number of benzene rings is 1. The molecule has 1 aliphatic rings. The van der Waals surface area contributed by atoms with Crippen molar-refractivity contribution in [1.29, 1.82) is 0 Å². The third-order valence-electron chi connectivity index (χ3n) is 3.60. The standard InChI is InChI=1S/C14H13N3O4/c18-12(10-7-15-14(21)16-10)17-6-5-8-3-1-2-4-9(8)11(17)13(19)20/h1-4,7,11H,5-6H2,(H,19,20)(H2,15,16,21). The Hall–Kier alpha value is -2.83. The van der Waals surface area contributed by atoms with Gasteiger partial charge in [-0.15, -0.1) is 0 Å². The molecule has 3 N–H and O–H groups in total. The van der Waals surface area contributed by atoms with Crippen molar-refractivity contribution in [3.63, 3.8) is 0 Å². The van der Waals surface area contributed by atoms with Gasteiger partial charge in [-0.1, -0.05) is 24.3 Å². The molecule has 0 saturated carbocycles. The van der Waals surface area contributed by atoms with Gasteiger partial charge in [0.1, 0.15) is 5.69 Å². The highest BCUT2D eigenvalue weighted by Gasteiger charge is 2.36. The fourth-order valence-electron chi connectivity index (χ4n) is 2.65. The monoisotopic (exact) mass is 287 g/mol. The lowest BCUT2D eigenvalue weighted by Crippen LogP contribution is -2.43. The molecule has 3 rings (SSSR count). The third-order valence-corrected chi connectivity index (χ3v) is 3.60. The number of aliphatic carboxylic acids is 1. The molecule has 1 amide bonds. The molecule has 7 nitrogen and oxygen atoms in total. The number of nitrogens with zero attached hydrogens (tertiary/aromatic N) is 1. The summed E-state index contributed by atoms with van der Waals surface area (Å²) in [5.74, 6) is -1.59. The van der Waals surface area contributed by atoms with Gasteiger partial charge in [-0.2, -0.15) is 0 Å². The second-order valence-electron chi connectivity index (χ2n) is 4.84. The van der Waals surface area contributed by atoms with Gasteiger partial charge in [0.15, 0.2) is 6.04 Å². The Morgan fingerprint density at radius 1 is 1.29 bits per heavy atom. The van der Waals surface area contributed by atoms with Gasteiger partial charge in [-0.25, -0.2) is 9.59 Å². The number of imidazole rings is 1. The number of amides is 1. The number of H-pyrrole nitrogens is 2. The summed E-state index contributed by atoms with van der Waals surface area (Å²) in [6.45, 7) is 0.292. The van der Waals surface area contributed by atoms with Crippen molar-refractivity contribution in [3.05, 3.63) is 57.8 Å². The lowest BCUT2D eigenvalue weighted by Gasteiger charge is -2.34. The van der Waals surface area contributed by atoms with Gasteiger partial charge < -0.3 is 20.0 Å². The number of hydrogen-bond donors (Lipinski definition) is 3. The molecule has 0 bridgehead atoms. The Balaban J connectivity index is 2.01. The van der Waals surface area contributed by atoms with E-state index in [0.29, 0.717) is 18.5 Å². The highest BCUT2D eigenvalue weighted by molar-refractivity contribution is 5.95. The fraction of sp³-hybridized carbons (Fsp3) is 0.214. The first-order valence-corrected chi connectivity index (χ1v) is 6.47. The topological polar surface area (TPSA) is 106 Å². The van der Waals surface area contributed by atoms with Crippen molar-refractivity contribution in [2.45, 2.75) is 12.5 Å². The summed E-state index contributed by atoms with van der Waals surface area (Å²) in [5, 5.41) is 9.48. The molecule has 1 atom stereocenters. The predicted molar refractivity (Wildman–Crippen MR) is 73.0 cm³/mol. The van der Waals surface area contributed by atoms with Crippen LogP contribution >= 0.6 is 0 Å². The van der Waals surface area contributed by atoms with Crippen LogP contribution in [0, 0.1) is 0 Å². The van der Waals surface area contributed by atoms with Gasteiger partial charge in [-0.05, 0) is 17.5 Å². The lowest BCUT2D eigenvalue weighted by atomic mass is 9.92. The summed E-state index contributed by atoms with van der Waals surface area (Å²) in [6.07, 6.45) is 1.84. The molecule has 1 aromatic carbocycles. The van der Waals surface area contributed by atoms with Crippen LogP contribution in [-0.4, -0.2) is 38.4 Å². The van der Waals surface area contributed by atoms with E-state index in [4.69, 9.17) is 0 Å². The number of aromatic amines is 2. The van der Waals surface area contributed by atoms with Crippen LogP contribution in [0.3, 0.4) is 0 Å². The maximum Gasteiger partial charge on any atom is 0.331 e. The molecule has 0 saturated heterocycles. The minimum Gasteiger partial charge on any atom is -0.479 e. The van der Waals surface area contributed by atoms with E-state index in [1.807, 2.05) is 12.1 Å². The summed E-state index contributed by atoms with van der Waals surface area (Å²) in [5.41, 5.74) is 1.10. The SMILES string of the molecule is O=C(O)C1c2ccccc2CCN1C(=O)c1c[nH]c(=O)[nH]1. The summed E-state index contributed by atoms with van der Waals surface area (Å²) in [4.78, 5) is 41.1. The summed E-state index contributed by atoms with van der Waals surface area (Å²) in [7, 11) is 0. The normalized spacial score (nSPS) is 17.3. The second kappa shape index (κ2) is 4.93. The number of carboxylic acid groups (broad SMARTS) is 1. The number of carbonyl (C=O) groups is 2. The molecule has 1 aromatic heterocycles. The first-order valence-electron chi connectivity index (χ1n) is 6.47. The molecule has 0 aliphatic carbocycles. The molecule has 2 aromatic rings. The van der Waals surface area contributed by atoms with Crippen molar-refractivity contribution in [2.24, 2.45) is 0 Å². The molecular weight excluding hydrogens is 274 g/mol. The summed E-state index contributed by atoms with van der Waals surface area (Å²) >= 11 is 0. The van der Waals surface area contributed by atoms with Crippen molar-refractivity contribution in [1.82, 2.24) is 14.9 Å². The predicted octanol–water partition coefficient (Wildman–Crippen LogP) is 0.527. The Morgan fingerprint density at radius 2 is 2.05 bits per heavy atom. The third kappa shape index (κ3) is 2.22. The van der Waals surface area contributed by atoms with Gasteiger partial charge in [0.05, 0.1) is 0 Å². The molecule has 2 heterocycles. The summed E-state index contributed by atoms with van der Waals surface area (Å²) < 4.78 is 0. The van der Waals surface area contributed by atoms with Crippen molar-refractivity contribution in [2.75, 3.05) is 6.54 Å². The lowest BCUT2D eigenvalue weighted by molar-refractivity contribution is -0.143. The molecule has 0 radical (unpaired) electrons. The van der Waals surface area contributed by atoms with E-state index in [1.54, 1.807) is 12.1 Å². The molecule has 7 heteroatoms. The van der Waals surface area contributed by atoms with Gasteiger partial charge in [0.2, 0.25) is 0 Å². The van der Waals surface area contributed by atoms with E-state index in [2.05, 4.69) is 9.97 Å². The number of fused-ring (bicyclic) bond motifs is 1. The first-order chi connectivity index (χ1) is 10.1. The molecular formula is C14H13N3O4. The Bertz CT molecular complexity index is 761. The highest BCUT2D eigenvalue weighted by Crippen LogP contribution is 2.30. The Kier molecular flexibility index (Phi) is 3.09.